The van der Waals surface area contributed by atoms with Crippen LogP contribution in [0.15, 0.2) is 134 Å². The molecule has 7 rings (SSSR count). The number of benzene rings is 5. The molecular formula is C38H27N3. The molecule has 1 N–H and O–H groups in total. The topological polar surface area (TPSA) is 44.5 Å². The van der Waals surface area contributed by atoms with Crippen LogP contribution in [0.5, 0.6) is 0 Å². The Bertz CT molecular complexity index is 2230. The summed E-state index contributed by atoms with van der Waals surface area (Å²) in [5, 5.41) is 14.1. The average Bonchev–Trinajstić information content (AvgIpc) is 3.56. The lowest BCUT2D eigenvalue weighted by molar-refractivity contribution is 1.23. The zero-order chi connectivity index (χ0) is 27.9. The highest BCUT2D eigenvalue weighted by Crippen LogP contribution is 2.38. The second kappa shape index (κ2) is 9.86. The lowest BCUT2D eigenvalue weighted by Crippen LogP contribution is -1.94. The largest absolute Gasteiger partial charge is 0.355 e. The molecule has 0 atom stereocenters. The summed E-state index contributed by atoms with van der Waals surface area (Å²) in [6.45, 7) is 5.93. The highest BCUT2D eigenvalue weighted by molar-refractivity contribution is 6.13. The minimum Gasteiger partial charge on any atom is -0.355 e. The molecule has 0 amide bonds. The van der Waals surface area contributed by atoms with Gasteiger partial charge in [-0.1, -0.05) is 73.3 Å². The molecule has 0 aliphatic heterocycles. The summed E-state index contributed by atoms with van der Waals surface area (Å²) in [5.74, 6) is 0. The fourth-order valence-corrected chi connectivity index (χ4v) is 5.89. The molecule has 0 aliphatic rings. The first-order chi connectivity index (χ1) is 20.2. The predicted molar refractivity (Wildman–Crippen MR) is 174 cm³/mol. The summed E-state index contributed by atoms with van der Waals surface area (Å²) in [5.41, 5.74) is 10.9. The van der Waals surface area contributed by atoms with E-state index in [1.807, 2.05) is 30.3 Å². The van der Waals surface area contributed by atoms with Gasteiger partial charge in [0.2, 0.25) is 0 Å². The van der Waals surface area contributed by atoms with Crippen LogP contribution in [0.3, 0.4) is 0 Å². The minimum atomic E-state index is 0.662. The zero-order valence-electron chi connectivity index (χ0n) is 22.7. The number of nitriles is 1. The van der Waals surface area contributed by atoms with E-state index >= 15 is 0 Å². The third-order valence-electron chi connectivity index (χ3n) is 7.91. The number of allylic oxidation sites excluding steroid dienone is 5. The van der Waals surface area contributed by atoms with Gasteiger partial charge < -0.3 is 9.55 Å². The van der Waals surface area contributed by atoms with Gasteiger partial charge in [-0.3, -0.25) is 0 Å². The molecule has 0 bridgehead atoms. The maximum Gasteiger partial charge on any atom is 0.0991 e. The fraction of sp³-hybridized carbons (Fsp3) is 0.0263. The molecule has 0 saturated heterocycles. The van der Waals surface area contributed by atoms with Crippen molar-refractivity contribution in [1.29, 1.82) is 5.26 Å². The van der Waals surface area contributed by atoms with Crippen molar-refractivity contribution in [2.75, 3.05) is 0 Å². The van der Waals surface area contributed by atoms with E-state index in [2.05, 4.69) is 120 Å². The molecule has 3 heteroatoms. The van der Waals surface area contributed by atoms with Crippen LogP contribution in [0.4, 0.5) is 0 Å². The number of nitrogens with one attached hydrogen (secondary N) is 1. The van der Waals surface area contributed by atoms with Crippen molar-refractivity contribution in [3.8, 4) is 28.3 Å². The summed E-state index contributed by atoms with van der Waals surface area (Å²) < 4.78 is 2.32. The van der Waals surface area contributed by atoms with Crippen molar-refractivity contribution in [3.63, 3.8) is 0 Å². The summed E-state index contributed by atoms with van der Waals surface area (Å²) in [6, 6.07) is 38.5. The van der Waals surface area contributed by atoms with Gasteiger partial charge in [0.15, 0.2) is 0 Å². The average molecular weight is 526 g/mol. The second-order valence-electron chi connectivity index (χ2n) is 10.2. The maximum atomic E-state index is 9.25. The molecule has 0 radical (unpaired) electrons. The van der Waals surface area contributed by atoms with Crippen molar-refractivity contribution >= 4 is 49.3 Å². The van der Waals surface area contributed by atoms with E-state index in [-0.39, 0.29) is 0 Å². The number of H-pyrrole nitrogens is 1. The molecule has 2 aromatic heterocycles. The normalized spacial score (nSPS) is 12.1. The fourth-order valence-electron chi connectivity index (χ4n) is 5.89. The van der Waals surface area contributed by atoms with E-state index < -0.39 is 0 Å². The van der Waals surface area contributed by atoms with Crippen LogP contribution in [0.1, 0.15) is 12.5 Å². The lowest BCUT2D eigenvalue weighted by Gasteiger charge is -2.09. The first kappa shape index (κ1) is 24.5. The minimum absolute atomic E-state index is 0.662. The third-order valence-corrected chi connectivity index (χ3v) is 7.91. The second-order valence-corrected chi connectivity index (χ2v) is 10.2. The molecule has 2 heterocycles. The standard InChI is InChI=1S/C38H27N3/c1-3-5-8-30(4-2)41-37-19-16-27(26-13-11-25(24-39)12-14-26)22-33(37)34-23-29(17-20-38(34)41)28-15-18-36-32(21-28)31-9-6-7-10-35(31)40-36/h3-23,40H,1H2,2H3/b8-5-,30-4+. The first-order valence-electron chi connectivity index (χ1n) is 13.7. The van der Waals surface area contributed by atoms with Crippen molar-refractivity contribution in [2.45, 2.75) is 6.92 Å². The van der Waals surface area contributed by atoms with Crippen LogP contribution >= 0.6 is 0 Å². The molecule has 0 aliphatic carbocycles. The van der Waals surface area contributed by atoms with E-state index in [9.17, 15) is 5.26 Å². The highest BCUT2D eigenvalue weighted by Gasteiger charge is 2.15. The smallest absolute Gasteiger partial charge is 0.0991 e. The van der Waals surface area contributed by atoms with E-state index in [4.69, 9.17) is 0 Å². The number of aromatic amines is 1. The molecule has 0 spiro atoms. The molecule has 41 heavy (non-hydrogen) atoms. The molecular weight excluding hydrogens is 498 g/mol. The Morgan fingerprint density at radius 1 is 0.707 bits per heavy atom. The Morgan fingerprint density at radius 3 is 1.95 bits per heavy atom. The van der Waals surface area contributed by atoms with Gasteiger partial charge in [-0.2, -0.15) is 5.26 Å². The van der Waals surface area contributed by atoms with Crippen LogP contribution in [0, 0.1) is 11.3 Å². The Morgan fingerprint density at radius 2 is 1.29 bits per heavy atom. The molecule has 7 aromatic rings. The van der Waals surface area contributed by atoms with Gasteiger partial charge >= 0.3 is 0 Å². The first-order valence-corrected chi connectivity index (χ1v) is 13.7. The number of hydrogen-bond acceptors (Lipinski definition) is 1. The lowest BCUT2D eigenvalue weighted by atomic mass is 9.99. The van der Waals surface area contributed by atoms with Gasteiger partial charge in [0.1, 0.15) is 0 Å². The van der Waals surface area contributed by atoms with Crippen molar-refractivity contribution in [2.24, 2.45) is 0 Å². The maximum absolute atomic E-state index is 9.25. The van der Waals surface area contributed by atoms with Crippen LogP contribution < -0.4 is 0 Å². The number of hydrogen-bond donors (Lipinski definition) is 1. The Balaban J connectivity index is 1.46. The quantitative estimate of drug-likeness (QED) is 0.223. The summed E-state index contributed by atoms with van der Waals surface area (Å²) >= 11 is 0. The number of aromatic nitrogens is 2. The summed E-state index contributed by atoms with van der Waals surface area (Å²) in [4.78, 5) is 3.54. The van der Waals surface area contributed by atoms with Gasteiger partial charge in [0.05, 0.1) is 22.7 Å². The highest BCUT2D eigenvalue weighted by atomic mass is 15.0. The van der Waals surface area contributed by atoms with Gasteiger partial charge in [0, 0.05) is 38.3 Å². The molecule has 5 aromatic carbocycles. The van der Waals surface area contributed by atoms with E-state index in [1.54, 1.807) is 6.08 Å². The Hall–Kier alpha value is -5.59. The molecule has 194 valence electrons. The van der Waals surface area contributed by atoms with E-state index in [0.717, 1.165) is 38.9 Å². The Kier molecular flexibility index (Phi) is 5.88. The van der Waals surface area contributed by atoms with Gasteiger partial charge in [-0.05, 0) is 89.9 Å². The zero-order valence-corrected chi connectivity index (χ0v) is 22.7. The van der Waals surface area contributed by atoms with Crippen LogP contribution in [-0.2, 0) is 0 Å². The number of fused-ring (bicyclic) bond motifs is 6. The van der Waals surface area contributed by atoms with Crippen LogP contribution in [0.2, 0.25) is 0 Å². The van der Waals surface area contributed by atoms with E-state index in [1.165, 1.54) is 32.7 Å². The van der Waals surface area contributed by atoms with Gasteiger partial charge in [-0.25, -0.2) is 0 Å². The van der Waals surface area contributed by atoms with Crippen molar-refractivity contribution in [3.05, 3.63) is 140 Å². The predicted octanol–water partition coefficient (Wildman–Crippen LogP) is 10.2. The number of rotatable bonds is 5. The summed E-state index contributed by atoms with van der Waals surface area (Å²) in [6.07, 6.45) is 8.01. The molecule has 3 nitrogen and oxygen atoms in total. The molecule has 0 unspecified atom stereocenters. The summed E-state index contributed by atoms with van der Waals surface area (Å²) in [7, 11) is 0. The third kappa shape index (κ3) is 4.06. The van der Waals surface area contributed by atoms with E-state index in [0.29, 0.717) is 5.56 Å². The van der Waals surface area contributed by atoms with Crippen molar-refractivity contribution in [1.82, 2.24) is 9.55 Å². The SMILES string of the molecule is C=C/C=C\C(=C/C)n1c2ccc(-c3ccc(C#N)cc3)cc2c2cc(-c3ccc4[nH]c5ccccc5c4c3)ccc21. The molecule has 0 fully saturated rings. The van der Waals surface area contributed by atoms with Crippen LogP contribution in [0.25, 0.3) is 71.6 Å². The van der Waals surface area contributed by atoms with Gasteiger partial charge in [-0.15, -0.1) is 0 Å². The number of nitrogens with zero attached hydrogens (tertiary/aromatic N) is 2. The number of para-hydroxylation sites is 1. The molecule has 0 saturated carbocycles. The van der Waals surface area contributed by atoms with Crippen molar-refractivity contribution < 1.29 is 0 Å². The van der Waals surface area contributed by atoms with Crippen LogP contribution in [-0.4, -0.2) is 9.55 Å². The monoisotopic (exact) mass is 525 g/mol. The van der Waals surface area contributed by atoms with Gasteiger partial charge in [0.25, 0.3) is 0 Å². The Labute approximate surface area is 238 Å².